The van der Waals surface area contributed by atoms with E-state index in [0.29, 0.717) is 6.54 Å². The highest BCUT2D eigenvalue weighted by Gasteiger charge is 2.56. The predicted octanol–water partition coefficient (Wildman–Crippen LogP) is 5.23. The Morgan fingerprint density at radius 2 is 1.59 bits per heavy atom. The molecular formula is C28H34N2O2. The van der Waals surface area contributed by atoms with E-state index < -0.39 is 0 Å². The smallest absolute Gasteiger partial charge is 0.254 e. The van der Waals surface area contributed by atoms with Gasteiger partial charge in [0.2, 0.25) is 5.91 Å². The van der Waals surface area contributed by atoms with Gasteiger partial charge in [0.15, 0.2) is 0 Å². The molecule has 5 rings (SSSR count). The molecule has 0 aromatic heterocycles. The summed E-state index contributed by atoms with van der Waals surface area (Å²) in [7, 11) is 0. The summed E-state index contributed by atoms with van der Waals surface area (Å²) in [5.41, 5.74) is 2.52. The van der Waals surface area contributed by atoms with Crippen LogP contribution in [0.4, 0.5) is 0 Å². The van der Waals surface area contributed by atoms with Gasteiger partial charge in [-0.1, -0.05) is 80.6 Å². The summed E-state index contributed by atoms with van der Waals surface area (Å²) in [6.45, 7) is 0.620. The van der Waals surface area contributed by atoms with Crippen LogP contribution >= 0.6 is 0 Å². The molecule has 1 aliphatic heterocycles. The first kappa shape index (κ1) is 21.2. The third-order valence-corrected chi connectivity index (χ3v) is 7.97. The highest BCUT2D eigenvalue weighted by Crippen LogP contribution is 2.51. The Balaban J connectivity index is 1.49. The van der Waals surface area contributed by atoms with Crippen molar-refractivity contribution in [2.45, 2.75) is 81.7 Å². The largest absolute Gasteiger partial charge is 0.355 e. The van der Waals surface area contributed by atoms with Crippen LogP contribution in [0, 0.1) is 0 Å². The van der Waals surface area contributed by atoms with Gasteiger partial charge in [0, 0.05) is 18.2 Å². The first-order chi connectivity index (χ1) is 15.7. The van der Waals surface area contributed by atoms with Gasteiger partial charge in [-0.3, -0.25) is 9.59 Å². The van der Waals surface area contributed by atoms with Crippen LogP contribution < -0.4 is 5.32 Å². The molecule has 168 valence electrons. The molecule has 3 aliphatic rings. The number of benzene rings is 2. The average Bonchev–Trinajstić information content (AvgIpc) is 3.35. The summed E-state index contributed by atoms with van der Waals surface area (Å²) in [5.74, 6) is -0.0402. The topological polar surface area (TPSA) is 49.4 Å². The lowest BCUT2D eigenvalue weighted by Crippen LogP contribution is -2.65. The minimum absolute atomic E-state index is 0.0887. The van der Waals surface area contributed by atoms with Crippen LogP contribution in [0.5, 0.6) is 0 Å². The van der Waals surface area contributed by atoms with E-state index in [9.17, 15) is 9.59 Å². The molecule has 2 fully saturated rings. The van der Waals surface area contributed by atoms with Gasteiger partial charge < -0.3 is 10.2 Å². The number of nitrogens with zero attached hydrogens (tertiary/aromatic N) is 1. The Kier molecular flexibility index (Phi) is 6.03. The number of hydrogen-bond donors (Lipinski definition) is 1. The van der Waals surface area contributed by atoms with E-state index >= 15 is 0 Å². The predicted molar refractivity (Wildman–Crippen MR) is 127 cm³/mol. The van der Waals surface area contributed by atoms with Crippen molar-refractivity contribution in [2.75, 3.05) is 6.54 Å². The van der Waals surface area contributed by atoms with Gasteiger partial charge in [-0.15, -0.1) is 0 Å². The van der Waals surface area contributed by atoms with Gasteiger partial charge in [0.25, 0.3) is 5.91 Å². The molecule has 2 aromatic carbocycles. The maximum absolute atomic E-state index is 13.8. The zero-order valence-corrected chi connectivity index (χ0v) is 18.9. The van der Waals surface area contributed by atoms with Gasteiger partial charge in [-0.05, 0) is 49.3 Å². The lowest BCUT2D eigenvalue weighted by Gasteiger charge is -2.56. The lowest BCUT2D eigenvalue weighted by atomic mass is 9.64. The summed E-state index contributed by atoms with van der Waals surface area (Å²) in [5, 5.41) is 3.26. The molecule has 4 nitrogen and oxygen atoms in total. The van der Waals surface area contributed by atoms with Crippen LogP contribution in [0.25, 0.3) is 0 Å². The van der Waals surface area contributed by atoms with Crippen molar-refractivity contribution in [1.29, 1.82) is 0 Å². The number of carbonyl (C=O) groups excluding carboxylic acids is 2. The summed E-state index contributed by atoms with van der Waals surface area (Å²) in [6.07, 6.45) is 10.5. The third-order valence-electron chi connectivity index (χ3n) is 7.97. The molecule has 0 radical (unpaired) electrons. The van der Waals surface area contributed by atoms with E-state index in [0.717, 1.165) is 56.1 Å². The Morgan fingerprint density at radius 3 is 2.34 bits per heavy atom. The van der Waals surface area contributed by atoms with E-state index in [-0.39, 0.29) is 29.3 Å². The Morgan fingerprint density at radius 1 is 0.906 bits per heavy atom. The molecule has 2 saturated carbocycles. The van der Waals surface area contributed by atoms with Gasteiger partial charge >= 0.3 is 0 Å². The summed E-state index contributed by atoms with van der Waals surface area (Å²) >= 11 is 0. The molecule has 1 unspecified atom stereocenters. The average molecular weight is 431 g/mol. The molecule has 4 heteroatoms. The molecule has 1 N–H and O–H groups in total. The maximum Gasteiger partial charge on any atom is 0.254 e. The molecule has 1 spiro atoms. The minimum atomic E-state index is -0.379. The molecule has 2 aromatic rings. The molecule has 0 saturated heterocycles. The van der Waals surface area contributed by atoms with Crippen LogP contribution in [0.3, 0.4) is 0 Å². The zero-order valence-electron chi connectivity index (χ0n) is 18.9. The first-order valence-electron chi connectivity index (χ1n) is 12.4. The van der Waals surface area contributed by atoms with Gasteiger partial charge in [0.1, 0.15) is 0 Å². The molecular weight excluding hydrogens is 396 g/mol. The highest BCUT2D eigenvalue weighted by molar-refractivity contribution is 6.02. The fourth-order valence-electron chi connectivity index (χ4n) is 6.55. The molecule has 2 amide bonds. The van der Waals surface area contributed by atoms with Crippen LogP contribution in [-0.2, 0) is 11.2 Å². The zero-order chi connectivity index (χ0) is 22.0. The second kappa shape index (κ2) is 9.09. The number of hydrogen-bond acceptors (Lipinski definition) is 2. The van der Waals surface area contributed by atoms with E-state index in [1.54, 1.807) is 0 Å². The normalized spacial score (nSPS) is 22.7. The van der Waals surface area contributed by atoms with Crippen molar-refractivity contribution in [3.05, 3.63) is 71.3 Å². The van der Waals surface area contributed by atoms with Gasteiger partial charge in [0.05, 0.1) is 11.5 Å². The van der Waals surface area contributed by atoms with E-state index in [1.165, 1.54) is 24.8 Å². The summed E-state index contributed by atoms with van der Waals surface area (Å²) in [4.78, 5) is 29.9. The molecule has 0 bridgehead atoms. The highest BCUT2D eigenvalue weighted by atomic mass is 16.2. The van der Waals surface area contributed by atoms with Crippen LogP contribution in [-0.4, -0.2) is 34.8 Å². The van der Waals surface area contributed by atoms with Gasteiger partial charge in [-0.25, -0.2) is 0 Å². The standard InChI is InChI=1S/C28H34N2O2/c31-26(29-20-17-21-11-3-1-4-12-21)25-23-15-7-8-16-24(23)27(32)30(22-13-5-6-14-22)28(25)18-9-2-10-19-28/h1,3-4,7-8,11-12,15-16,22,25H,2,5-6,9-10,13-14,17-20H2,(H,29,31). The van der Waals surface area contributed by atoms with E-state index in [2.05, 4.69) is 22.3 Å². The lowest BCUT2D eigenvalue weighted by molar-refractivity contribution is -0.128. The van der Waals surface area contributed by atoms with Crippen molar-refractivity contribution in [1.82, 2.24) is 10.2 Å². The van der Waals surface area contributed by atoms with Crippen molar-refractivity contribution in [3.63, 3.8) is 0 Å². The van der Waals surface area contributed by atoms with Crippen LogP contribution in [0.15, 0.2) is 54.6 Å². The van der Waals surface area contributed by atoms with Gasteiger partial charge in [-0.2, -0.15) is 0 Å². The Bertz CT molecular complexity index is 958. The van der Waals surface area contributed by atoms with Crippen LogP contribution in [0.2, 0.25) is 0 Å². The molecule has 2 aliphatic carbocycles. The number of carbonyl (C=O) groups is 2. The van der Waals surface area contributed by atoms with E-state index in [1.807, 2.05) is 42.5 Å². The van der Waals surface area contributed by atoms with E-state index in [4.69, 9.17) is 0 Å². The monoisotopic (exact) mass is 430 g/mol. The number of nitrogens with one attached hydrogen (secondary N) is 1. The first-order valence-corrected chi connectivity index (χ1v) is 12.4. The Labute approximate surface area is 191 Å². The van der Waals surface area contributed by atoms with Crippen molar-refractivity contribution in [3.8, 4) is 0 Å². The maximum atomic E-state index is 13.8. The minimum Gasteiger partial charge on any atom is -0.355 e. The second-order valence-corrected chi connectivity index (χ2v) is 9.82. The summed E-state index contributed by atoms with van der Waals surface area (Å²) < 4.78 is 0. The van der Waals surface area contributed by atoms with Crippen molar-refractivity contribution < 1.29 is 9.59 Å². The summed E-state index contributed by atoms with van der Waals surface area (Å²) in [6, 6.07) is 18.4. The van der Waals surface area contributed by atoms with Crippen molar-refractivity contribution >= 4 is 11.8 Å². The second-order valence-electron chi connectivity index (χ2n) is 9.82. The number of amides is 2. The molecule has 1 heterocycles. The quantitative estimate of drug-likeness (QED) is 0.706. The number of rotatable bonds is 5. The Hall–Kier alpha value is -2.62. The van der Waals surface area contributed by atoms with Crippen molar-refractivity contribution in [2.24, 2.45) is 0 Å². The van der Waals surface area contributed by atoms with Crippen LogP contribution in [0.1, 0.15) is 85.2 Å². The SMILES string of the molecule is O=C(NCCc1ccccc1)C1c2ccccc2C(=O)N(C2CCCC2)C12CCCCC2. The molecule has 32 heavy (non-hydrogen) atoms. The number of fused-ring (bicyclic) bond motifs is 1. The molecule has 1 atom stereocenters. The fourth-order valence-corrected chi connectivity index (χ4v) is 6.55. The third kappa shape index (κ3) is 3.74. The fraction of sp³-hybridized carbons (Fsp3) is 0.500.